The van der Waals surface area contributed by atoms with Crippen molar-refractivity contribution in [2.45, 2.75) is 26.2 Å². The number of rotatable bonds is 5. The molecule has 0 aromatic rings. The lowest BCUT2D eigenvalue weighted by molar-refractivity contribution is 0.686. The largest absolute Gasteiger partial charge is 0.161 e. The maximum atomic E-state index is 3.57. The molecule has 0 atom stereocenters. The first-order chi connectivity index (χ1) is 4.83. The van der Waals surface area contributed by atoms with Gasteiger partial charge in [-0.05, 0) is 36.2 Å². The molecule has 0 unspecified atom stereocenters. The van der Waals surface area contributed by atoms with E-state index >= 15 is 0 Å². The summed E-state index contributed by atoms with van der Waals surface area (Å²) in [5, 5.41) is 1.22. The van der Waals surface area contributed by atoms with Gasteiger partial charge < -0.3 is 0 Å². The maximum Gasteiger partial charge on any atom is 0.00958 e. The van der Waals surface area contributed by atoms with Gasteiger partial charge in [0.05, 0.1) is 0 Å². The molecule has 1 saturated carbocycles. The first-order valence-corrected chi connectivity index (χ1v) is 6.24. The molecule has 0 heterocycles. The van der Waals surface area contributed by atoms with Crippen LogP contribution in [0.1, 0.15) is 26.2 Å². The van der Waals surface area contributed by atoms with Crippen molar-refractivity contribution in [3.63, 3.8) is 0 Å². The van der Waals surface area contributed by atoms with Crippen LogP contribution in [0.4, 0.5) is 0 Å². The molecule has 0 saturated heterocycles. The van der Waals surface area contributed by atoms with E-state index in [9.17, 15) is 0 Å². The third kappa shape index (κ3) is 2.46. The zero-order chi connectivity index (χ0) is 7.45. The van der Waals surface area contributed by atoms with Crippen LogP contribution in [0.3, 0.4) is 0 Å². The normalized spacial score (nSPS) is 21.0. The standard InChI is InChI=1S/C8H15BrS/c1-2-5-10-7-8(6-9)3-4-8/h2-7H2,1H3. The molecule has 1 rings (SSSR count). The summed E-state index contributed by atoms with van der Waals surface area (Å²) in [4.78, 5) is 0. The van der Waals surface area contributed by atoms with Crippen LogP contribution in [-0.2, 0) is 0 Å². The van der Waals surface area contributed by atoms with Gasteiger partial charge in [0.2, 0.25) is 0 Å². The molecule has 60 valence electrons. The second-order valence-electron chi connectivity index (χ2n) is 3.19. The number of thioether (sulfide) groups is 1. The molecular formula is C8H15BrS. The van der Waals surface area contributed by atoms with Gasteiger partial charge in [-0.25, -0.2) is 0 Å². The summed E-state index contributed by atoms with van der Waals surface area (Å²) >= 11 is 5.69. The van der Waals surface area contributed by atoms with Crippen LogP contribution in [0, 0.1) is 5.41 Å². The van der Waals surface area contributed by atoms with Gasteiger partial charge in [0.15, 0.2) is 0 Å². The number of hydrogen-bond donors (Lipinski definition) is 0. The number of alkyl halides is 1. The third-order valence-corrected chi connectivity index (χ3v) is 4.70. The van der Waals surface area contributed by atoms with Crippen LogP contribution < -0.4 is 0 Å². The Bertz CT molecular complexity index is 99.4. The Balaban J connectivity index is 2.01. The minimum Gasteiger partial charge on any atom is -0.161 e. The Morgan fingerprint density at radius 2 is 2.20 bits per heavy atom. The van der Waals surface area contributed by atoms with Crippen molar-refractivity contribution in [1.29, 1.82) is 0 Å². The van der Waals surface area contributed by atoms with Gasteiger partial charge in [-0.15, -0.1) is 0 Å². The molecule has 0 radical (unpaired) electrons. The summed E-state index contributed by atoms with van der Waals surface area (Å²) in [6.45, 7) is 2.25. The minimum atomic E-state index is 0.722. The fourth-order valence-corrected chi connectivity index (χ4v) is 3.20. The summed E-state index contributed by atoms with van der Waals surface area (Å²) in [6, 6.07) is 0. The average molecular weight is 223 g/mol. The molecule has 1 aliphatic rings. The van der Waals surface area contributed by atoms with Crippen LogP contribution in [0.25, 0.3) is 0 Å². The van der Waals surface area contributed by atoms with Gasteiger partial charge >= 0.3 is 0 Å². The van der Waals surface area contributed by atoms with E-state index in [0.29, 0.717) is 0 Å². The summed E-state index contributed by atoms with van der Waals surface area (Å²) in [7, 11) is 0. The second kappa shape index (κ2) is 4.01. The molecule has 0 amide bonds. The van der Waals surface area contributed by atoms with E-state index in [-0.39, 0.29) is 0 Å². The lowest BCUT2D eigenvalue weighted by Crippen LogP contribution is -2.05. The van der Waals surface area contributed by atoms with Gasteiger partial charge in [0, 0.05) is 5.33 Å². The van der Waals surface area contributed by atoms with Crippen LogP contribution in [-0.4, -0.2) is 16.8 Å². The van der Waals surface area contributed by atoms with Gasteiger partial charge in [-0.1, -0.05) is 22.9 Å². The van der Waals surface area contributed by atoms with Crippen molar-refractivity contribution in [3.8, 4) is 0 Å². The lowest BCUT2D eigenvalue weighted by Gasteiger charge is -2.08. The quantitative estimate of drug-likeness (QED) is 0.509. The summed E-state index contributed by atoms with van der Waals surface area (Å²) in [6.07, 6.45) is 4.23. The van der Waals surface area contributed by atoms with Gasteiger partial charge in [-0.3, -0.25) is 0 Å². The Hall–Kier alpha value is 0.830. The highest BCUT2D eigenvalue weighted by molar-refractivity contribution is 9.09. The summed E-state index contributed by atoms with van der Waals surface area (Å²) in [5.74, 6) is 2.72. The van der Waals surface area contributed by atoms with Crippen molar-refractivity contribution in [3.05, 3.63) is 0 Å². The van der Waals surface area contributed by atoms with E-state index in [1.165, 1.54) is 36.1 Å². The highest BCUT2D eigenvalue weighted by atomic mass is 79.9. The lowest BCUT2D eigenvalue weighted by atomic mass is 10.2. The predicted octanol–water partition coefficient (Wildman–Crippen LogP) is 3.30. The highest BCUT2D eigenvalue weighted by Gasteiger charge is 2.40. The topological polar surface area (TPSA) is 0 Å². The minimum absolute atomic E-state index is 0.722. The van der Waals surface area contributed by atoms with Crippen LogP contribution in [0.5, 0.6) is 0 Å². The van der Waals surface area contributed by atoms with E-state index in [2.05, 4.69) is 34.6 Å². The summed E-state index contributed by atoms with van der Waals surface area (Å²) in [5.41, 5.74) is 0.722. The molecule has 0 aromatic heterocycles. The number of hydrogen-bond acceptors (Lipinski definition) is 1. The average Bonchev–Trinajstić information content (AvgIpc) is 2.70. The van der Waals surface area contributed by atoms with Crippen LogP contribution >= 0.6 is 27.7 Å². The van der Waals surface area contributed by atoms with Crippen molar-refractivity contribution in [2.75, 3.05) is 16.8 Å². The molecule has 0 nitrogen and oxygen atoms in total. The number of halogens is 1. The van der Waals surface area contributed by atoms with Gasteiger partial charge in [-0.2, -0.15) is 11.8 Å². The van der Waals surface area contributed by atoms with Crippen LogP contribution in [0.2, 0.25) is 0 Å². The van der Waals surface area contributed by atoms with E-state index in [0.717, 1.165) is 5.41 Å². The Morgan fingerprint density at radius 1 is 1.50 bits per heavy atom. The van der Waals surface area contributed by atoms with E-state index in [1.807, 2.05) is 0 Å². The van der Waals surface area contributed by atoms with Crippen molar-refractivity contribution in [1.82, 2.24) is 0 Å². The third-order valence-electron chi connectivity index (χ3n) is 2.00. The SMILES string of the molecule is CCCSCC1(CBr)CC1. The van der Waals surface area contributed by atoms with Crippen molar-refractivity contribution < 1.29 is 0 Å². The van der Waals surface area contributed by atoms with Gasteiger partial charge in [0.1, 0.15) is 0 Å². The first-order valence-electron chi connectivity index (χ1n) is 3.97. The molecule has 0 bridgehead atoms. The molecule has 0 aromatic carbocycles. The van der Waals surface area contributed by atoms with Crippen molar-refractivity contribution >= 4 is 27.7 Å². The first kappa shape index (κ1) is 8.92. The zero-order valence-electron chi connectivity index (χ0n) is 6.53. The van der Waals surface area contributed by atoms with Crippen molar-refractivity contribution in [2.24, 2.45) is 5.41 Å². The molecule has 0 N–H and O–H groups in total. The van der Waals surface area contributed by atoms with E-state index in [1.54, 1.807) is 0 Å². The monoisotopic (exact) mass is 222 g/mol. The molecule has 2 heteroatoms. The second-order valence-corrected chi connectivity index (χ2v) is 4.85. The maximum absolute atomic E-state index is 3.57. The molecule has 0 spiro atoms. The van der Waals surface area contributed by atoms with Gasteiger partial charge in [0.25, 0.3) is 0 Å². The smallest absolute Gasteiger partial charge is 0.00958 e. The molecule has 1 fully saturated rings. The molecule has 1 aliphatic carbocycles. The Labute approximate surface area is 76.3 Å². The molecule has 10 heavy (non-hydrogen) atoms. The summed E-state index contributed by atoms with van der Waals surface area (Å²) < 4.78 is 0. The molecule has 0 aliphatic heterocycles. The van der Waals surface area contributed by atoms with Crippen LogP contribution in [0.15, 0.2) is 0 Å². The fraction of sp³-hybridized carbons (Fsp3) is 1.00. The predicted molar refractivity (Wildman–Crippen MR) is 53.1 cm³/mol. The Kier molecular flexibility index (Phi) is 3.58. The van der Waals surface area contributed by atoms with E-state index < -0.39 is 0 Å². The highest BCUT2D eigenvalue weighted by Crippen LogP contribution is 2.49. The van der Waals surface area contributed by atoms with E-state index in [4.69, 9.17) is 0 Å². The molecular weight excluding hydrogens is 208 g/mol. The Morgan fingerprint density at radius 3 is 2.60 bits per heavy atom. The zero-order valence-corrected chi connectivity index (χ0v) is 8.93. The fourth-order valence-electron chi connectivity index (χ4n) is 0.926.